The lowest BCUT2D eigenvalue weighted by Gasteiger charge is -2.02. The normalized spacial score (nSPS) is 9.30. The van der Waals surface area contributed by atoms with Crippen LogP contribution in [0.2, 0.25) is 0 Å². The van der Waals surface area contributed by atoms with E-state index in [9.17, 15) is 0 Å². The van der Waals surface area contributed by atoms with Crippen LogP contribution in [0.15, 0.2) is 24.3 Å². The summed E-state index contributed by atoms with van der Waals surface area (Å²) < 4.78 is 0. The van der Waals surface area contributed by atoms with E-state index >= 15 is 0 Å². The fourth-order valence-electron chi connectivity index (χ4n) is 0.700. The Bertz CT molecular complexity index is 214. The number of hydrogen-bond donors (Lipinski definition) is 3. The van der Waals surface area contributed by atoms with Crippen LogP contribution in [0, 0.1) is 0 Å². The summed E-state index contributed by atoms with van der Waals surface area (Å²) in [6.45, 7) is 0. The summed E-state index contributed by atoms with van der Waals surface area (Å²) in [5.41, 5.74) is 10.1. The summed E-state index contributed by atoms with van der Waals surface area (Å²) >= 11 is 0. The average molecular weight is 155 g/mol. The zero-order chi connectivity index (χ0) is 7.40. The maximum atomic E-state index is 5.51. The molecule has 54 valence electrons. The van der Waals surface area contributed by atoms with E-state index in [4.69, 9.17) is 5.73 Å². The van der Waals surface area contributed by atoms with Crippen LogP contribution >= 0.6 is 9.39 Å². The van der Waals surface area contributed by atoms with Gasteiger partial charge in [0.25, 0.3) is 0 Å². The number of hydrogen-bond acceptors (Lipinski definition) is 3. The molecule has 0 aliphatic rings. The van der Waals surface area contributed by atoms with Gasteiger partial charge in [0.1, 0.15) is 0 Å². The average Bonchev–Trinajstić information content (AvgIpc) is 1.88. The van der Waals surface area contributed by atoms with E-state index < -0.39 is 0 Å². The van der Waals surface area contributed by atoms with E-state index in [1.165, 1.54) is 0 Å². The van der Waals surface area contributed by atoms with Gasteiger partial charge in [0, 0.05) is 5.69 Å². The molecule has 3 nitrogen and oxygen atoms in total. The van der Waals surface area contributed by atoms with Crippen molar-refractivity contribution in [2.24, 2.45) is 0 Å². The Kier molecular flexibility index (Phi) is 2.49. The number of benzene rings is 1. The van der Waals surface area contributed by atoms with E-state index in [1.807, 2.05) is 24.3 Å². The maximum absolute atomic E-state index is 5.51. The number of nitrogens with two attached hydrogens (primary N) is 1. The smallest absolute Gasteiger partial charge is 0.0511 e. The lowest BCUT2D eigenvalue weighted by Crippen LogP contribution is -2.07. The molecule has 0 saturated heterocycles. The molecule has 10 heavy (non-hydrogen) atoms. The number of anilines is 2. The zero-order valence-corrected chi connectivity index (χ0v) is 6.62. The van der Waals surface area contributed by atoms with Gasteiger partial charge in [0.05, 0.1) is 5.69 Å². The number of hydrazine groups is 1. The molecule has 0 aromatic heterocycles. The third kappa shape index (κ3) is 1.87. The van der Waals surface area contributed by atoms with Crippen molar-refractivity contribution in [2.75, 3.05) is 11.2 Å². The molecule has 4 N–H and O–H groups in total. The lowest BCUT2D eigenvalue weighted by molar-refractivity contribution is 1.22. The molecule has 0 saturated carbocycles. The van der Waals surface area contributed by atoms with Gasteiger partial charge in [-0.05, 0) is 27.6 Å². The Morgan fingerprint density at radius 2 is 2.20 bits per heavy atom. The van der Waals surface area contributed by atoms with Crippen LogP contribution in [0.25, 0.3) is 0 Å². The molecule has 0 heterocycles. The van der Waals surface area contributed by atoms with Gasteiger partial charge < -0.3 is 11.2 Å². The Morgan fingerprint density at radius 1 is 1.40 bits per heavy atom. The molecule has 4 heteroatoms. The van der Waals surface area contributed by atoms with Gasteiger partial charge in [-0.1, -0.05) is 6.07 Å². The third-order valence-corrected chi connectivity index (χ3v) is 1.25. The molecule has 1 unspecified atom stereocenters. The second kappa shape index (κ2) is 3.40. The quantitative estimate of drug-likeness (QED) is 0.339. The highest BCUT2D eigenvalue weighted by molar-refractivity contribution is 7.13. The number of nitrogens with one attached hydrogen (secondary N) is 2. The first-order valence-electron chi connectivity index (χ1n) is 2.90. The van der Waals surface area contributed by atoms with Crippen molar-refractivity contribution in [1.82, 2.24) is 5.20 Å². The third-order valence-electron chi connectivity index (χ3n) is 1.10. The van der Waals surface area contributed by atoms with Crippen molar-refractivity contribution in [2.45, 2.75) is 0 Å². The predicted octanol–water partition coefficient (Wildman–Crippen LogP) is 0.975. The molecule has 0 bridgehead atoms. The summed E-state index contributed by atoms with van der Waals surface area (Å²) in [4.78, 5) is 0. The standard InChI is InChI=1S/C6H10N3P/c7-5-2-1-3-6(4-5)8-9-10/h1-4,8-9H,7,10H2. The van der Waals surface area contributed by atoms with Crippen molar-refractivity contribution < 1.29 is 0 Å². The lowest BCUT2D eigenvalue weighted by atomic mass is 10.3. The van der Waals surface area contributed by atoms with E-state index in [2.05, 4.69) is 20.0 Å². The van der Waals surface area contributed by atoms with Crippen molar-refractivity contribution in [3.63, 3.8) is 0 Å². The first-order chi connectivity index (χ1) is 4.83. The van der Waals surface area contributed by atoms with E-state index in [0.29, 0.717) is 0 Å². The summed E-state index contributed by atoms with van der Waals surface area (Å²) in [7, 11) is 2.34. The van der Waals surface area contributed by atoms with Gasteiger partial charge in [-0.2, -0.15) is 0 Å². The molecule has 1 aromatic carbocycles. The molecule has 0 amide bonds. The Morgan fingerprint density at radius 3 is 2.80 bits per heavy atom. The minimum absolute atomic E-state index is 0.755. The SMILES string of the molecule is Nc1cccc(NNP)c1. The highest BCUT2D eigenvalue weighted by Gasteiger charge is 1.87. The van der Waals surface area contributed by atoms with Gasteiger partial charge in [0.15, 0.2) is 0 Å². The molecule has 0 spiro atoms. The summed E-state index contributed by atoms with van der Waals surface area (Å²) in [6, 6.07) is 7.50. The number of rotatable bonds is 2. The topological polar surface area (TPSA) is 50.1 Å². The molecule has 0 aliphatic heterocycles. The monoisotopic (exact) mass is 155 g/mol. The van der Waals surface area contributed by atoms with E-state index in [1.54, 1.807) is 0 Å². The van der Waals surface area contributed by atoms with Crippen LogP contribution < -0.4 is 16.4 Å². The minimum atomic E-state index is 0.755. The van der Waals surface area contributed by atoms with Crippen LogP contribution in [0.5, 0.6) is 0 Å². The summed E-state index contributed by atoms with van der Waals surface area (Å²) in [5.74, 6) is 0. The molecular weight excluding hydrogens is 145 g/mol. The number of nitrogen functional groups attached to an aromatic ring is 1. The van der Waals surface area contributed by atoms with Crippen LogP contribution in [-0.4, -0.2) is 0 Å². The fourth-order valence-corrected chi connectivity index (χ4v) is 0.866. The first-order valence-corrected chi connectivity index (χ1v) is 3.48. The van der Waals surface area contributed by atoms with Gasteiger partial charge in [0.2, 0.25) is 0 Å². The van der Waals surface area contributed by atoms with Crippen molar-refractivity contribution in [3.05, 3.63) is 24.3 Å². The van der Waals surface area contributed by atoms with Crippen molar-refractivity contribution in [3.8, 4) is 0 Å². The molecule has 0 fully saturated rings. The zero-order valence-electron chi connectivity index (χ0n) is 5.46. The van der Waals surface area contributed by atoms with Crippen LogP contribution in [0.4, 0.5) is 11.4 Å². The van der Waals surface area contributed by atoms with Gasteiger partial charge >= 0.3 is 0 Å². The molecule has 0 aliphatic carbocycles. The maximum Gasteiger partial charge on any atom is 0.0511 e. The highest BCUT2D eigenvalue weighted by Crippen LogP contribution is 2.10. The predicted molar refractivity (Wildman–Crippen MR) is 47.3 cm³/mol. The van der Waals surface area contributed by atoms with Crippen LogP contribution in [0.3, 0.4) is 0 Å². The summed E-state index contributed by atoms with van der Waals surface area (Å²) in [5, 5.41) is 2.72. The minimum Gasteiger partial charge on any atom is -0.399 e. The van der Waals surface area contributed by atoms with E-state index in [0.717, 1.165) is 11.4 Å². The molecule has 1 rings (SSSR count). The van der Waals surface area contributed by atoms with Crippen LogP contribution in [-0.2, 0) is 0 Å². The fraction of sp³-hybridized carbons (Fsp3) is 0. The highest BCUT2D eigenvalue weighted by atomic mass is 31.0. The largest absolute Gasteiger partial charge is 0.399 e. The second-order valence-corrected chi connectivity index (χ2v) is 2.18. The molecule has 1 atom stereocenters. The Labute approximate surface area is 62.2 Å². The Balaban J connectivity index is 2.75. The van der Waals surface area contributed by atoms with Crippen LogP contribution in [0.1, 0.15) is 0 Å². The second-order valence-electron chi connectivity index (χ2n) is 1.89. The first kappa shape index (κ1) is 7.32. The van der Waals surface area contributed by atoms with E-state index in [-0.39, 0.29) is 0 Å². The molecule has 0 radical (unpaired) electrons. The Hall–Kier alpha value is -0.790. The van der Waals surface area contributed by atoms with Gasteiger partial charge in [-0.25, -0.2) is 5.20 Å². The van der Waals surface area contributed by atoms with Crippen molar-refractivity contribution in [1.29, 1.82) is 0 Å². The summed E-state index contributed by atoms with van der Waals surface area (Å²) in [6.07, 6.45) is 0. The van der Waals surface area contributed by atoms with Crippen molar-refractivity contribution >= 4 is 20.8 Å². The molecular formula is C6H10N3P. The van der Waals surface area contributed by atoms with Gasteiger partial charge in [-0.15, -0.1) is 0 Å². The van der Waals surface area contributed by atoms with Gasteiger partial charge in [-0.3, -0.25) is 0 Å². The molecule has 1 aromatic rings.